The van der Waals surface area contributed by atoms with Crippen LogP contribution in [0.1, 0.15) is 76.0 Å². The zero-order chi connectivity index (χ0) is 33.1. The predicted octanol–water partition coefficient (Wildman–Crippen LogP) is 10.8. The highest BCUT2D eigenvalue weighted by atomic mass is 15.2. The minimum absolute atomic E-state index is 0.177. The molecule has 0 aromatic heterocycles. The summed E-state index contributed by atoms with van der Waals surface area (Å²) in [7, 11) is 0. The van der Waals surface area contributed by atoms with Crippen LogP contribution in [0.3, 0.4) is 0 Å². The molecule has 8 rings (SSSR count). The van der Waals surface area contributed by atoms with Crippen molar-refractivity contribution >= 4 is 57.2 Å². The van der Waals surface area contributed by atoms with Crippen LogP contribution in [0.25, 0.3) is 11.1 Å². The van der Waals surface area contributed by atoms with Crippen LogP contribution in [0.5, 0.6) is 0 Å². The van der Waals surface area contributed by atoms with Gasteiger partial charge in [-0.05, 0) is 99.0 Å². The van der Waals surface area contributed by atoms with Gasteiger partial charge >= 0.3 is 0 Å². The number of rotatable bonds is 7. The molecule has 0 saturated heterocycles. The normalized spacial score (nSPS) is 12.9. The summed E-state index contributed by atoms with van der Waals surface area (Å²) in [6.07, 6.45) is 0. The van der Waals surface area contributed by atoms with Crippen molar-refractivity contribution in [3.05, 3.63) is 150 Å². The van der Waals surface area contributed by atoms with E-state index in [1.54, 1.807) is 0 Å². The standard InChI is InChI=1S/C45H43BN2/c1-29(2)35-21-13-14-26-41(35)48-42-28-34(47(32-17-9-7-10-18-32)33-19-11-8-12-20-33)27-39-38-24-15-22-36(30(3)4)43(38)46(44(39)42)40-25-16-23-37(31(5)6)45(40)48/h7-31H,1-6H3. The number of hydrogen-bond donors (Lipinski definition) is 0. The topological polar surface area (TPSA) is 6.48 Å². The van der Waals surface area contributed by atoms with Crippen molar-refractivity contribution in [2.24, 2.45) is 0 Å². The molecule has 6 aromatic carbocycles. The first-order chi connectivity index (χ1) is 23.3. The Bertz CT molecular complexity index is 2090. The molecule has 2 aliphatic rings. The van der Waals surface area contributed by atoms with Gasteiger partial charge in [0.05, 0.1) is 0 Å². The number of anilines is 6. The van der Waals surface area contributed by atoms with E-state index in [9.17, 15) is 0 Å². The molecule has 0 bridgehead atoms. The van der Waals surface area contributed by atoms with Gasteiger partial charge in [0.2, 0.25) is 6.71 Å². The molecular weight excluding hydrogens is 579 g/mol. The van der Waals surface area contributed by atoms with Crippen molar-refractivity contribution in [1.29, 1.82) is 0 Å². The summed E-state index contributed by atoms with van der Waals surface area (Å²) in [5.41, 5.74) is 18.6. The van der Waals surface area contributed by atoms with Crippen LogP contribution in [-0.4, -0.2) is 6.71 Å². The second-order valence-electron chi connectivity index (χ2n) is 14.3. The van der Waals surface area contributed by atoms with Gasteiger partial charge in [0.1, 0.15) is 0 Å². The molecule has 2 aliphatic heterocycles. The van der Waals surface area contributed by atoms with E-state index in [0.29, 0.717) is 17.8 Å². The second kappa shape index (κ2) is 11.9. The Labute approximate surface area is 286 Å². The molecule has 0 radical (unpaired) electrons. The molecule has 0 saturated carbocycles. The molecular formula is C45H43BN2. The number of hydrogen-bond acceptors (Lipinski definition) is 2. The third-order valence-electron chi connectivity index (χ3n) is 10.4. The van der Waals surface area contributed by atoms with E-state index >= 15 is 0 Å². The highest BCUT2D eigenvalue weighted by Gasteiger charge is 2.45. The Kier molecular flexibility index (Phi) is 7.52. The first-order valence-corrected chi connectivity index (χ1v) is 17.6. The van der Waals surface area contributed by atoms with Crippen molar-refractivity contribution < 1.29 is 0 Å². The fraction of sp³-hybridized carbons (Fsp3) is 0.200. The Morgan fingerprint density at radius 2 is 1.02 bits per heavy atom. The van der Waals surface area contributed by atoms with Crippen LogP contribution in [0.4, 0.5) is 34.1 Å². The van der Waals surface area contributed by atoms with Gasteiger partial charge in [-0.3, -0.25) is 0 Å². The number of fused-ring (bicyclic) bond motifs is 5. The van der Waals surface area contributed by atoms with Gasteiger partial charge in [0, 0.05) is 34.1 Å². The van der Waals surface area contributed by atoms with E-state index in [4.69, 9.17) is 0 Å². The average Bonchev–Trinajstić information content (AvgIpc) is 3.44. The van der Waals surface area contributed by atoms with Crippen molar-refractivity contribution in [3.63, 3.8) is 0 Å². The molecule has 0 atom stereocenters. The number of nitrogens with zero attached hydrogens (tertiary/aromatic N) is 2. The summed E-state index contributed by atoms with van der Waals surface area (Å²) in [6, 6.07) is 49.7. The summed E-state index contributed by atoms with van der Waals surface area (Å²) in [6.45, 7) is 14.2. The second-order valence-corrected chi connectivity index (χ2v) is 14.3. The van der Waals surface area contributed by atoms with E-state index < -0.39 is 0 Å². The Morgan fingerprint density at radius 1 is 0.458 bits per heavy atom. The van der Waals surface area contributed by atoms with E-state index in [1.807, 2.05) is 0 Å². The van der Waals surface area contributed by atoms with E-state index in [-0.39, 0.29) is 6.71 Å². The van der Waals surface area contributed by atoms with Gasteiger partial charge < -0.3 is 9.80 Å². The Hall–Kier alpha value is -5.02. The molecule has 0 fully saturated rings. The lowest BCUT2D eigenvalue weighted by molar-refractivity contribution is 0.855. The summed E-state index contributed by atoms with van der Waals surface area (Å²) in [4.78, 5) is 5.06. The van der Waals surface area contributed by atoms with Gasteiger partial charge in [-0.25, -0.2) is 0 Å². The van der Waals surface area contributed by atoms with Gasteiger partial charge in [-0.1, -0.05) is 138 Å². The molecule has 236 valence electrons. The number of para-hydroxylation sites is 4. The maximum absolute atomic E-state index is 2.63. The smallest absolute Gasteiger partial charge is 0.248 e. The SMILES string of the molecule is CC(C)c1ccccc1N1c2cc(N(c3ccccc3)c3ccccc3)cc3c2B(c2cccc(C(C)C)c21)c1c-3cccc1C(C)C. The van der Waals surface area contributed by atoms with E-state index in [0.717, 1.165) is 11.4 Å². The van der Waals surface area contributed by atoms with Gasteiger partial charge in [-0.2, -0.15) is 0 Å². The lowest BCUT2D eigenvalue weighted by Gasteiger charge is -2.40. The molecule has 48 heavy (non-hydrogen) atoms. The van der Waals surface area contributed by atoms with Gasteiger partial charge in [0.15, 0.2) is 0 Å². The molecule has 0 spiro atoms. The van der Waals surface area contributed by atoms with Crippen LogP contribution in [0, 0.1) is 0 Å². The zero-order valence-electron chi connectivity index (χ0n) is 28.9. The van der Waals surface area contributed by atoms with E-state index in [1.165, 1.54) is 67.0 Å². The van der Waals surface area contributed by atoms with Crippen LogP contribution in [0.2, 0.25) is 0 Å². The lowest BCUT2D eigenvalue weighted by Crippen LogP contribution is -2.56. The first-order valence-electron chi connectivity index (χ1n) is 17.6. The molecule has 3 heteroatoms. The third kappa shape index (κ3) is 4.71. The molecule has 0 aliphatic carbocycles. The molecule has 2 heterocycles. The van der Waals surface area contributed by atoms with Crippen molar-refractivity contribution in [3.8, 4) is 11.1 Å². The summed E-state index contributed by atoms with van der Waals surface area (Å²) >= 11 is 0. The van der Waals surface area contributed by atoms with Crippen LogP contribution >= 0.6 is 0 Å². The highest BCUT2D eigenvalue weighted by molar-refractivity contribution is 7.01. The summed E-state index contributed by atoms with van der Waals surface area (Å²) in [5, 5.41) is 0. The maximum atomic E-state index is 2.63. The molecule has 0 amide bonds. The summed E-state index contributed by atoms with van der Waals surface area (Å²) < 4.78 is 0. The summed E-state index contributed by atoms with van der Waals surface area (Å²) in [5.74, 6) is 1.16. The van der Waals surface area contributed by atoms with Crippen LogP contribution < -0.4 is 26.2 Å². The molecule has 6 aromatic rings. The van der Waals surface area contributed by atoms with Crippen molar-refractivity contribution in [2.45, 2.75) is 59.3 Å². The van der Waals surface area contributed by atoms with Crippen molar-refractivity contribution in [1.82, 2.24) is 0 Å². The Balaban J connectivity index is 1.53. The minimum atomic E-state index is 0.177. The minimum Gasteiger partial charge on any atom is -0.311 e. The van der Waals surface area contributed by atoms with Crippen LogP contribution in [0.15, 0.2) is 133 Å². The third-order valence-corrected chi connectivity index (χ3v) is 10.4. The monoisotopic (exact) mass is 622 g/mol. The largest absolute Gasteiger partial charge is 0.311 e. The quantitative estimate of drug-likeness (QED) is 0.163. The average molecular weight is 623 g/mol. The Morgan fingerprint density at radius 3 is 1.67 bits per heavy atom. The first kappa shape index (κ1) is 30.3. The maximum Gasteiger partial charge on any atom is 0.248 e. The molecule has 0 N–H and O–H groups in total. The molecule has 2 nitrogen and oxygen atoms in total. The fourth-order valence-corrected chi connectivity index (χ4v) is 8.25. The predicted molar refractivity (Wildman–Crippen MR) is 208 cm³/mol. The zero-order valence-corrected chi connectivity index (χ0v) is 28.9. The molecule has 0 unspecified atom stereocenters. The highest BCUT2D eigenvalue weighted by Crippen LogP contribution is 2.48. The number of benzene rings is 6. The van der Waals surface area contributed by atoms with Gasteiger partial charge in [0.25, 0.3) is 0 Å². The van der Waals surface area contributed by atoms with E-state index in [2.05, 4.69) is 185 Å². The van der Waals surface area contributed by atoms with Crippen molar-refractivity contribution in [2.75, 3.05) is 9.80 Å². The van der Waals surface area contributed by atoms with Crippen LogP contribution in [-0.2, 0) is 0 Å². The lowest BCUT2D eigenvalue weighted by atomic mass is 9.36. The van der Waals surface area contributed by atoms with Gasteiger partial charge in [-0.15, -0.1) is 0 Å². The fourth-order valence-electron chi connectivity index (χ4n) is 8.25.